The fourth-order valence-electron chi connectivity index (χ4n) is 2.68. The molecule has 8 heteroatoms. The molecule has 0 fully saturated rings. The Hall–Kier alpha value is -2.83. The van der Waals surface area contributed by atoms with Crippen molar-refractivity contribution >= 4 is 29.2 Å². The molecule has 0 amide bonds. The van der Waals surface area contributed by atoms with Gasteiger partial charge in [0.1, 0.15) is 11.5 Å². The third kappa shape index (κ3) is 4.71. The smallest absolute Gasteiger partial charge is 0.341 e. The zero-order valence-electron chi connectivity index (χ0n) is 14.3. The lowest BCUT2D eigenvalue weighted by atomic mass is 9.98. The van der Waals surface area contributed by atoms with Gasteiger partial charge in [-0.25, -0.2) is 9.78 Å². The number of carbonyl (C=O) groups is 1. The molecule has 3 rings (SSSR count). The van der Waals surface area contributed by atoms with Crippen molar-refractivity contribution in [3.8, 4) is 22.6 Å². The van der Waals surface area contributed by atoms with Gasteiger partial charge in [0.15, 0.2) is 6.61 Å². The summed E-state index contributed by atoms with van der Waals surface area (Å²) in [5, 5.41) is 19.5. The van der Waals surface area contributed by atoms with Crippen molar-refractivity contribution < 1.29 is 24.1 Å². The highest BCUT2D eigenvalue weighted by atomic mass is 35.5. The number of nitrogens with zero attached hydrogens (tertiary/aromatic N) is 1. The molecule has 5 nitrogen and oxygen atoms in total. The summed E-state index contributed by atoms with van der Waals surface area (Å²) in [5.74, 6) is -1.50. The van der Waals surface area contributed by atoms with Gasteiger partial charge in [0.2, 0.25) is 5.95 Å². The number of carboxylic acids is 1. The number of hydrogen-bond acceptors (Lipinski definition) is 4. The lowest BCUT2D eigenvalue weighted by Gasteiger charge is -2.12. The molecular formula is C20H14Cl2FNO4. The number of hydrogen-bond donors (Lipinski definition) is 2. The van der Waals surface area contributed by atoms with Crippen molar-refractivity contribution in [1.82, 2.24) is 4.98 Å². The Labute approximate surface area is 169 Å². The van der Waals surface area contributed by atoms with E-state index in [0.29, 0.717) is 33.2 Å². The van der Waals surface area contributed by atoms with Crippen LogP contribution in [0.4, 0.5) is 4.39 Å². The minimum Gasteiger partial charge on any atom is -0.507 e. The van der Waals surface area contributed by atoms with Crippen molar-refractivity contribution in [3.63, 3.8) is 0 Å². The number of rotatable bonds is 6. The Balaban J connectivity index is 1.90. The van der Waals surface area contributed by atoms with Crippen LogP contribution in [-0.2, 0) is 11.2 Å². The van der Waals surface area contributed by atoms with E-state index in [9.17, 15) is 14.3 Å². The molecule has 0 atom stereocenters. The molecule has 28 heavy (non-hydrogen) atoms. The lowest BCUT2D eigenvalue weighted by Crippen LogP contribution is -2.09. The number of benzene rings is 2. The third-order valence-electron chi connectivity index (χ3n) is 3.96. The summed E-state index contributed by atoms with van der Waals surface area (Å²) in [6.45, 7) is -0.504. The molecule has 0 aliphatic heterocycles. The van der Waals surface area contributed by atoms with Gasteiger partial charge in [0.25, 0.3) is 0 Å². The van der Waals surface area contributed by atoms with Crippen LogP contribution >= 0.6 is 23.2 Å². The van der Waals surface area contributed by atoms with Gasteiger partial charge >= 0.3 is 5.97 Å². The predicted octanol–water partition coefficient (Wildman–Crippen LogP) is 4.95. The molecule has 2 N–H and O–H groups in total. The van der Waals surface area contributed by atoms with Gasteiger partial charge in [0, 0.05) is 34.3 Å². The molecule has 1 heterocycles. The van der Waals surface area contributed by atoms with Crippen LogP contribution in [0.25, 0.3) is 11.1 Å². The number of aliphatic carboxylic acids is 1. The summed E-state index contributed by atoms with van der Waals surface area (Å²) in [7, 11) is 0. The number of aromatic nitrogens is 1. The maximum atomic E-state index is 13.4. The van der Waals surface area contributed by atoms with Crippen LogP contribution in [0.3, 0.4) is 0 Å². The average molecular weight is 422 g/mol. The molecule has 0 spiro atoms. The van der Waals surface area contributed by atoms with E-state index in [1.54, 1.807) is 18.2 Å². The van der Waals surface area contributed by atoms with Gasteiger partial charge in [0.05, 0.1) is 0 Å². The van der Waals surface area contributed by atoms with E-state index < -0.39 is 18.5 Å². The van der Waals surface area contributed by atoms with Crippen LogP contribution in [0.1, 0.15) is 11.1 Å². The van der Waals surface area contributed by atoms with Crippen LogP contribution in [0.5, 0.6) is 11.5 Å². The Morgan fingerprint density at radius 2 is 1.82 bits per heavy atom. The van der Waals surface area contributed by atoms with Crippen molar-refractivity contribution in [2.24, 2.45) is 0 Å². The Kier molecular flexibility index (Phi) is 6.02. The molecule has 0 saturated carbocycles. The average Bonchev–Trinajstić information content (AvgIpc) is 2.64. The number of halogens is 3. The monoisotopic (exact) mass is 421 g/mol. The van der Waals surface area contributed by atoms with E-state index in [4.69, 9.17) is 33.0 Å². The van der Waals surface area contributed by atoms with E-state index in [0.717, 1.165) is 5.56 Å². The fourth-order valence-corrected chi connectivity index (χ4v) is 3.28. The third-order valence-corrected chi connectivity index (χ3v) is 4.63. The minimum atomic E-state index is -1.11. The van der Waals surface area contributed by atoms with E-state index in [1.165, 1.54) is 30.5 Å². The first kappa shape index (κ1) is 19.9. The SMILES string of the molecule is O=C(O)COc1cc(Cl)c(Cc2ccc(O)c(-c3ccnc(F)c3)c2)c(Cl)c1. The molecule has 0 radical (unpaired) electrons. The highest BCUT2D eigenvalue weighted by Gasteiger charge is 2.13. The standard InChI is InChI=1S/C20H14Cl2FNO4/c21-16-8-13(28-10-20(26)27)9-17(22)15(16)6-11-1-2-18(25)14(5-11)12-3-4-24-19(23)7-12/h1-5,7-9,25H,6,10H2,(H,26,27). The van der Waals surface area contributed by atoms with Crippen LogP contribution < -0.4 is 4.74 Å². The van der Waals surface area contributed by atoms with E-state index in [2.05, 4.69) is 4.98 Å². The number of phenolic OH excluding ortho intramolecular Hbond substituents is 1. The molecule has 0 unspecified atom stereocenters. The Morgan fingerprint density at radius 3 is 2.46 bits per heavy atom. The van der Waals surface area contributed by atoms with Gasteiger partial charge in [-0.3, -0.25) is 0 Å². The summed E-state index contributed by atoms with van der Waals surface area (Å²) < 4.78 is 18.5. The van der Waals surface area contributed by atoms with Gasteiger partial charge in [-0.15, -0.1) is 0 Å². The molecule has 1 aromatic heterocycles. The van der Waals surface area contributed by atoms with Gasteiger partial charge in [-0.1, -0.05) is 29.3 Å². The quantitative estimate of drug-likeness (QED) is 0.550. The van der Waals surface area contributed by atoms with Crippen molar-refractivity contribution in [1.29, 1.82) is 0 Å². The molecule has 3 aromatic rings. The first-order valence-corrected chi connectivity index (χ1v) is 8.85. The van der Waals surface area contributed by atoms with Crippen molar-refractivity contribution in [2.45, 2.75) is 6.42 Å². The Bertz CT molecular complexity index is 1020. The predicted molar refractivity (Wildman–Crippen MR) is 104 cm³/mol. The number of phenols is 1. The molecule has 0 bridgehead atoms. The van der Waals surface area contributed by atoms with Crippen LogP contribution in [0, 0.1) is 5.95 Å². The second-order valence-corrected chi connectivity index (χ2v) is 6.76. The molecule has 144 valence electrons. The minimum absolute atomic E-state index is 0.00367. The van der Waals surface area contributed by atoms with Crippen LogP contribution in [0.15, 0.2) is 48.7 Å². The summed E-state index contributed by atoms with van der Waals surface area (Å²) in [6.07, 6.45) is 1.66. The van der Waals surface area contributed by atoms with Crippen LogP contribution in [-0.4, -0.2) is 27.8 Å². The first-order chi connectivity index (χ1) is 13.3. The molecular weight excluding hydrogens is 408 g/mol. The second-order valence-electron chi connectivity index (χ2n) is 5.94. The number of pyridine rings is 1. The van der Waals surface area contributed by atoms with E-state index in [-0.39, 0.29) is 11.5 Å². The van der Waals surface area contributed by atoms with Gasteiger partial charge in [-0.05, 0) is 47.0 Å². The highest BCUT2D eigenvalue weighted by molar-refractivity contribution is 6.36. The summed E-state index contributed by atoms with van der Waals surface area (Å²) in [6, 6.07) is 10.7. The summed E-state index contributed by atoms with van der Waals surface area (Å²) in [4.78, 5) is 14.1. The van der Waals surface area contributed by atoms with E-state index in [1.807, 2.05) is 0 Å². The summed E-state index contributed by atoms with van der Waals surface area (Å²) >= 11 is 12.6. The molecule has 2 aromatic carbocycles. The maximum absolute atomic E-state index is 13.4. The topological polar surface area (TPSA) is 79.7 Å². The number of ether oxygens (including phenoxy) is 1. The van der Waals surface area contributed by atoms with Crippen molar-refractivity contribution in [3.05, 3.63) is 75.8 Å². The van der Waals surface area contributed by atoms with E-state index >= 15 is 0 Å². The zero-order chi connectivity index (χ0) is 20.3. The molecule has 0 aliphatic rings. The zero-order valence-corrected chi connectivity index (χ0v) is 15.8. The van der Waals surface area contributed by atoms with Crippen molar-refractivity contribution in [2.75, 3.05) is 6.61 Å². The van der Waals surface area contributed by atoms with Gasteiger partial charge < -0.3 is 14.9 Å². The fraction of sp³-hybridized carbons (Fsp3) is 0.100. The second kappa shape index (κ2) is 8.46. The maximum Gasteiger partial charge on any atom is 0.341 e. The lowest BCUT2D eigenvalue weighted by molar-refractivity contribution is -0.139. The highest BCUT2D eigenvalue weighted by Crippen LogP contribution is 2.35. The Morgan fingerprint density at radius 1 is 1.11 bits per heavy atom. The normalized spacial score (nSPS) is 10.7. The van der Waals surface area contributed by atoms with Gasteiger partial charge in [-0.2, -0.15) is 4.39 Å². The molecule has 0 saturated heterocycles. The molecule has 0 aliphatic carbocycles. The van der Waals surface area contributed by atoms with Crippen LogP contribution in [0.2, 0.25) is 10.0 Å². The summed E-state index contributed by atoms with van der Waals surface area (Å²) in [5.41, 5.74) is 2.34. The first-order valence-electron chi connectivity index (χ1n) is 8.10. The largest absolute Gasteiger partial charge is 0.507 e. The number of carboxylic acid groups (broad SMARTS) is 1. The number of aromatic hydroxyl groups is 1.